The molecular formula is C18H25ClN2O4. The van der Waals surface area contributed by atoms with E-state index in [9.17, 15) is 9.59 Å². The number of amides is 2. The fourth-order valence-corrected chi connectivity index (χ4v) is 3.38. The van der Waals surface area contributed by atoms with E-state index in [0.29, 0.717) is 30.5 Å². The number of hydrogen-bond donors (Lipinski definition) is 2. The number of piperidine rings is 1. The molecule has 0 saturated carbocycles. The molecule has 1 aromatic carbocycles. The number of halogens is 1. The highest BCUT2D eigenvalue weighted by atomic mass is 35.5. The second kappa shape index (κ2) is 9.51. The summed E-state index contributed by atoms with van der Waals surface area (Å²) in [6, 6.07) is 5.48. The molecule has 7 heteroatoms. The molecule has 2 N–H and O–H groups in total. The van der Waals surface area contributed by atoms with Crippen LogP contribution >= 0.6 is 11.6 Å². The zero-order valence-electron chi connectivity index (χ0n) is 14.5. The lowest BCUT2D eigenvalue weighted by Crippen LogP contribution is -2.46. The van der Waals surface area contributed by atoms with Gasteiger partial charge in [0, 0.05) is 31.1 Å². The van der Waals surface area contributed by atoms with Gasteiger partial charge < -0.3 is 20.1 Å². The number of carbonyl (C=O) groups is 2. The number of rotatable bonds is 7. The molecule has 1 saturated heterocycles. The molecule has 0 bridgehead atoms. The maximum Gasteiger partial charge on any atom is 0.317 e. The van der Waals surface area contributed by atoms with Crippen LogP contribution in [0.15, 0.2) is 18.2 Å². The summed E-state index contributed by atoms with van der Waals surface area (Å²) in [6.45, 7) is 1.79. The Bertz CT molecular complexity index is 609. The molecule has 1 aliphatic heterocycles. The number of likely N-dealkylation sites (tertiary alicyclic amines) is 1. The number of carboxylic acid groups (broad SMARTS) is 1. The maximum absolute atomic E-state index is 12.2. The highest BCUT2D eigenvalue weighted by Gasteiger charge is 2.24. The number of ether oxygens (including phenoxy) is 1. The van der Waals surface area contributed by atoms with Crippen LogP contribution in [0.2, 0.25) is 5.02 Å². The third-order valence-electron chi connectivity index (χ3n) is 4.40. The van der Waals surface area contributed by atoms with Crippen LogP contribution in [0.1, 0.15) is 31.2 Å². The zero-order valence-corrected chi connectivity index (χ0v) is 15.2. The fraction of sp³-hybridized carbons (Fsp3) is 0.556. The van der Waals surface area contributed by atoms with Gasteiger partial charge in [-0.15, -0.1) is 0 Å². The zero-order chi connectivity index (χ0) is 18.2. The van der Waals surface area contributed by atoms with Gasteiger partial charge in [-0.2, -0.15) is 0 Å². The van der Waals surface area contributed by atoms with Crippen LogP contribution in [0.3, 0.4) is 0 Å². The van der Waals surface area contributed by atoms with Crippen molar-refractivity contribution in [3.63, 3.8) is 0 Å². The van der Waals surface area contributed by atoms with Crippen molar-refractivity contribution in [3.05, 3.63) is 28.8 Å². The summed E-state index contributed by atoms with van der Waals surface area (Å²) in [7, 11) is 1.64. The lowest BCUT2D eigenvalue weighted by molar-refractivity contribution is -0.137. The number of urea groups is 1. The van der Waals surface area contributed by atoms with Crippen molar-refractivity contribution in [3.8, 4) is 5.75 Å². The van der Waals surface area contributed by atoms with E-state index in [2.05, 4.69) is 5.32 Å². The third-order valence-corrected chi connectivity index (χ3v) is 4.64. The number of methoxy groups -OCH3 is 1. The largest absolute Gasteiger partial charge is 0.496 e. The number of benzene rings is 1. The van der Waals surface area contributed by atoms with E-state index in [-0.39, 0.29) is 12.5 Å². The second-order valence-corrected chi connectivity index (χ2v) is 6.78. The lowest BCUT2D eigenvalue weighted by Gasteiger charge is -2.33. The quantitative estimate of drug-likeness (QED) is 0.724. The number of aliphatic carboxylic acids is 1. The molecule has 2 rings (SSSR count). The Labute approximate surface area is 153 Å². The summed E-state index contributed by atoms with van der Waals surface area (Å²) in [6.07, 6.45) is 3.33. The summed E-state index contributed by atoms with van der Waals surface area (Å²) < 4.78 is 5.40. The average molecular weight is 369 g/mol. The monoisotopic (exact) mass is 368 g/mol. The van der Waals surface area contributed by atoms with Gasteiger partial charge in [0.2, 0.25) is 0 Å². The molecule has 1 aliphatic rings. The minimum Gasteiger partial charge on any atom is -0.496 e. The Morgan fingerprint density at radius 2 is 2.24 bits per heavy atom. The molecular weight excluding hydrogens is 344 g/mol. The van der Waals surface area contributed by atoms with Crippen molar-refractivity contribution in [2.75, 3.05) is 26.7 Å². The van der Waals surface area contributed by atoms with E-state index < -0.39 is 5.97 Å². The van der Waals surface area contributed by atoms with Crippen molar-refractivity contribution < 1.29 is 19.4 Å². The van der Waals surface area contributed by atoms with Crippen LogP contribution in [-0.2, 0) is 11.2 Å². The first kappa shape index (κ1) is 19.4. The van der Waals surface area contributed by atoms with Gasteiger partial charge in [-0.25, -0.2) is 4.79 Å². The van der Waals surface area contributed by atoms with Gasteiger partial charge in [0.1, 0.15) is 5.75 Å². The molecule has 0 aliphatic carbocycles. The predicted molar refractivity (Wildman–Crippen MR) is 96.3 cm³/mol. The number of carboxylic acids is 1. The molecule has 1 heterocycles. The van der Waals surface area contributed by atoms with Crippen molar-refractivity contribution >= 4 is 23.6 Å². The summed E-state index contributed by atoms with van der Waals surface area (Å²) in [5.41, 5.74) is 1.06. The van der Waals surface area contributed by atoms with E-state index in [1.165, 1.54) is 0 Å². The maximum atomic E-state index is 12.2. The normalized spacial score (nSPS) is 17.2. The van der Waals surface area contributed by atoms with Gasteiger partial charge in [-0.1, -0.05) is 11.6 Å². The van der Waals surface area contributed by atoms with Gasteiger partial charge in [-0.3, -0.25) is 4.79 Å². The van der Waals surface area contributed by atoms with E-state index in [1.807, 2.05) is 23.1 Å². The van der Waals surface area contributed by atoms with Gasteiger partial charge in [0.25, 0.3) is 0 Å². The molecule has 0 spiro atoms. The molecule has 6 nitrogen and oxygen atoms in total. The summed E-state index contributed by atoms with van der Waals surface area (Å²) >= 11 is 6.09. The number of nitrogens with zero attached hydrogens (tertiary/aromatic N) is 1. The second-order valence-electron chi connectivity index (χ2n) is 6.34. The van der Waals surface area contributed by atoms with Crippen LogP contribution in [0.5, 0.6) is 5.75 Å². The summed E-state index contributed by atoms with van der Waals surface area (Å²) in [5.74, 6) is 0.327. The van der Waals surface area contributed by atoms with E-state index in [4.69, 9.17) is 21.4 Å². The molecule has 1 unspecified atom stereocenters. The van der Waals surface area contributed by atoms with Crippen LogP contribution in [0, 0.1) is 5.92 Å². The first-order chi connectivity index (χ1) is 12.0. The Balaban J connectivity index is 1.87. The van der Waals surface area contributed by atoms with Gasteiger partial charge in [0.05, 0.1) is 7.11 Å². The third kappa shape index (κ3) is 6.12. The number of hydrogen-bond acceptors (Lipinski definition) is 3. The molecule has 1 fully saturated rings. The van der Waals surface area contributed by atoms with E-state index in [1.54, 1.807) is 7.11 Å². The van der Waals surface area contributed by atoms with Crippen molar-refractivity contribution in [1.29, 1.82) is 0 Å². The van der Waals surface area contributed by atoms with Crippen LogP contribution < -0.4 is 10.1 Å². The molecule has 25 heavy (non-hydrogen) atoms. The lowest BCUT2D eigenvalue weighted by atomic mass is 9.91. The Hall–Kier alpha value is -1.95. The van der Waals surface area contributed by atoms with Crippen LogP contribution in [0.4, 0.5) is 4.79 Å². The van der Waals surface area contributed by atoms with Crippen molar-refractivity contribution in [2.45, 2.75) is 32.1 Å². The SMILES string of the molecule is COc1ccc(Cl)cc1CC1CCCN(C(=O)NCCCC(=O)O)C1. The predicted octanol–water partition coefficient (Wildman–Crippen LogP) is 3.18. The van der Waals surface area contributed by atoms with Crippen LogP contribution in [-0.4, -0.2) is 48.8 Å². The molecule has 2 amide bonds. The fourth-order valence-electron chi connectivity index (χ4n) is 3.18. The first-order valence-electron chi connectivity index (χ1n) is 8.56. The smallest absolute Gasteiger partial charge is 0.317 e. The summed E-state index contributed by atoms with van der Waals surface area (Å²) in [4.78, 5) is 24.5. The number of carbonyl (C=O) groups excluding carboxylic acids is 1. The van der Waals surface area contributed by atoms with E-state index >= 15 is 0 Å². The van der Waals surface area contributed by atoms with Crippen molar-refractivity contribution in [2.24, 2.45) is 5.92 Å². The molecule has 0 radical (unpaired) electrons. The van der Waals surface area contributed by atoms with Crippen LogP contribution in [0.25, 0.3) is 0 Å². The Morgan fingerprint density at radius 3 is 2.96 bits per heavy atom. The molecule has 1 atom stereocenters. The molecule has 0 aromatic heterocycles. The first-order valence-corrected chi connectivity index (χ1v) is 8.94. The van der Waals surface area contributed by atoms with E-state index in [0.717, 1.165) is 37.1 Å². The van der Waals surface area contributed by atoms with Gasteiger partial charge in [0.15, 0.2) is 0 Å². The Morgan fingerprint density at radius 1 is 1.44 bits per heavy atom. The highest BCUT2D eigenvalue weighted by molar-refractivity contribution is 6.30. The number of nitrogens with one attached hydrogen (secondary N) is 1. The minimum atomic E-state index is -0.845. The molecule has 1 aromatic rings. The average Bonchev–Trinajstić information content (AvgIpc) is 2.59. The topological polar surface area (TPSA) is 78.9 Å². The minimum absolute atomic E-state index is 0.0669. The summed E-state index contributed by atoms with van der Waals surface area (Å²) in [5, 5.41) is 12.1. The van der Waals surface area contributed by atoms with Crippen molar-refractivity contribution in [1.82, 2.24) is 10.2 Å². The van der Waals surface area contributed by atoms with Gasteiger partial charge in [-0.05, 0) is 55.4 Å². The standard InChI is InChI=1S/C18H25ClN2O4/c1-25-16-7-6-15(19)11-14(16)10-13-4-3-9-21(12-13)18(24)20-8-2-5-17(22)23/h6-7,11,13H,2-5,8-10,12H2,1H3,(H,20,24)(H,22,23). The Kier molecular flexibility index (Phi) is 7.37. The molecule has 138 valence electrons. The van der Waals surface area contributed by atoms with Gasteiger partial charge >= 0.3 is 12.0 Å². The highest BCUT2D eigenvalue weighted by Crippen LogP contribution is 2.28.